The molecule has 17 heavy (non-hydrogen) atoms. The summed E-state index contributed by atoms with van der Waals surface area (Å²) in [6.07, 6.45) is 7.02. The predicted octanol–water partition coefficient (Wildman–Crippen LogP) is 2.36. The van der Waals surface area contributed by atoms with E-state index in [1.807, 2.05) is 0 Å². The molecule has 3 rings (SSSR count). The van der Waals surface area contributed by atoms with Gasteiger partial charge in [0.25, 0.3) is 0 Å². The van der Waals surface area contributed by atoms with Gasteiger partial charge in [-0.05, 0) is 53.4 Å². The van der Waals surface area contributed by atoms with Crippen LogP contribution in [0.1, 0.15) is 39.5 Å². The quantitative estimate of drug-likeness (QED) is 0.723. The first kappa shape index (κ1) is 11.7. The second kappa shape index (κ2) is 3.58. The highest BCUT2D eigenvalue weighted by Crippen LogP contribution is 2.72. The fourth-order valence-corrected chi connectivity index (χ4v) is 5.26. The summed E-state index contributed by atoms with van der Waals surface area (Å²) in [4.78, 5) is 0. The highest BCUT2D eigenvalue weighted by molar-refractivity contribution is 5.29. The summed E-state index contributed by atoms with van der Waals surface area (Å²) in [5.41, 5.74) is 1.74. The standard InChI is InChI=1S/C15H24O2/c1-14(9-17)6-3-7-15(2)11-5-4-10(8-16)12(15)13(11)14/h4,11-13,16-17H,3,5-9H2,1-2H3/t11-,12+,13+,14+,15+/m1/s1. The van der Waals surface area contributed by atoms with Crippen LogP contribution in [-0.4, -0.2) is 23.4 Å². The van der Waals surface area contributed by atoms with E-state index < -0.39 is 0 Å². The lowest BCUT2D eigenvalue weighted by molar-refractivity contribution is -0.156. The minimum Gasteiger partial charge on any atom is -0.396 e. The molecule has 4 bridgehead atoms. The van der Waals surface area contributed by atoms with E-state index in [1.54, 1.807) is 0 Å². The van der Waals surface area contributed by atoms with Crippen LogP contribution in [0.4, 0.5) is 0 Å². The van der Waals surface area contributed by atoms with E-state index in [9.17, 15) is 10.2 Å². The molecule has 0 aromatic carbocycles. The third-order valence-corrected chi connectivity index (χ3v) is 6.20. The van der Waals surface area contributed by atoms with Gasteiger partial charge in [0, 0.05) is 6.61 Å². The van der Waals surface area contributed by atoms with Gasteiger partial charge in [0.2, 0.25) is 0 Å². The van der Waals surface area contributed by atoms with Crippen LogP contribution in [-0.2, 0) is 0 Å². The maximum atomic E-state index is 9.79. The Labute approximate surface area is 104 Å². The zero-order chi connectivity index (χ0) is 12.3. The number of aliphatic hydroxyl groups is 2. The van der Waals surface area contributed by atoms with E-state index >= 15 is 0 Å². The van der Waals surface area contributed by atoms with Gasteiger partial charge in [0.15, 0.2) is 0 Å². The topological polar surface area (TPSA) is 40.5 Å². The molecule has 2 nitrogen and oxygen atoms in total. The molecule has 0 saturated heterocycles. The molecule has 0 radical (unpaired) electrons. The van der Waals surface area contributed by atoms with Gasteiger partial charge in [-0.25, -0.2) is 0 Å². The molecule has 2 fully saturated rings. The molecule has 0 aliphatic heterocycles. The highest BCUT2D eigenvalue weighted by Gasteiger charge is 2.66. The van der Waals surface area contributed by atoms with E-state index in [4.69, 9.17) is 0 Å². The Morgan fingerprint density at radius 1 is 1.29 bits per heavy atom. The van der Waals surface area contributed by atoms with Crippen molar-refractivity contribution in [2.75, 3.05) is 13.2 Å². The molecule has 3 aliphatic rings. The van der Waals surface area contributed by atoms with Crippen molar-refractivity contribution >= 4 is 0 Å². The molecule has 2 N–H and O–H groups in total. The molecule has 0 amide bonds. The molecular weight excluding hydrogens is 212 g/mol. The van der Waals surface area contributed by atoms with E-state index in [1.165, 1.54) is 18.4 Å². The van der Waals surface area contributed by atoms with Crippen molar-refractivity contribution in [3.63, 3.8) is 0 Å². The van der Waals surface area contributed by atoms with Crippen LogP contribution in [0, 0.1) is 28.6 Å². The lowest BCUT2D eigenvalue weighted by Crippen LogP contribution is -2.62. The molecule has 2 heteroatoms. The number of aliphatic hydroxyl groups excluding tert-OH is 2. The fourth-order valence-electron chi connectivity index (χ4n) is 5.26. The van der Waals surface area contributed by atoms with E-state index in [-0.39, 0.29) is 12.0 Å². The molecule has 2 saturated carbocycles. The number of fused-ring (bicyclic) bond motifs is 1. The summed E-state index contributed by atoms with van der Waals surface area (Å²) >= 11 is 0. The van der Waals surface area contributed by atoms with Crippen molar-refractivity contribution in [2.45, 2.75) is 39.5 Å². The average molecular weight is 236 g/mol. The van der Waals surface area contributed by atoms with Crippen molar-refractivity contribution < 1.29 is 10.2 Å². The lowest BCUT2D eigenvalue weighted by atomic mass is 9.38. The Bertz CT molecular complexity index is 362. The second-order valence-corrected chi connectivity index (χ2v) is 6.95. The summed E-state index contributed by atoms with van der Waals surface area (Å²) in [5, 5.41) is 19.3. The van der Waals surface area contributed by atoms with Crippen LogP contribution in [0.3, 0.4) is 0 Å². The molecule has 0 aromatic rings. The van der Waals surface area contributed by atoms with Gasteiger partial charge >= 0.3 is 0 Å². The summed E-state index contributed by atoms with van der Waals surface area (Å²) in [5.74, 6) is 1.88. The van der Waals surface area contributed by atoms with Crippen molar-refractivity contribution in [2.24, 2.45) is 28.6 Å². The van der Waals surface area contributed by atoms with Crippen LogP contribution in [0.2, 0.25) is 0 Å². The van der Waals surface area contributed by atoms with Gasteiger partial charge in [0.1, 0.15) is 0 Å². The predicted molar refractivity (Wildman–Crippen MR) is 67.4 cm³/mol. The number of rotatable bonds is 2. The molecular formula is C15H24O2. The normalized spacial score (nSPS) is 52.5. The third kappa shape index (κ3) is 1.29. The zero-order valence-electron chi connectivity index (χ0n) is 10.9. The molecule has 0 unspecified atom stereocenters. The van der Waals surface area contributed by atoms with Crippen LogP contribution in [0.5, 0.6) is 0 Å². The van der Waals surface area contributed by atoms with Gasteiger partial charge in [-0.15, -0.1) is 0 Å². The number of hydrogen-bond donors (Lipinski definition) is 2. The first-order valence-electron chi connectivity index (χ1n) is 6.97. The average Bonchev–Trinajstić information content (AvgIpc) is 2.55. The highest BCUT2D eigenvalue weighted by atomic mass is 16.3. The van der Waals surface area contributed by atoms with Gasteiger partial charge in [0.05, 0.1) is 6.61 Å². The smallest absolute Gasteiger partial charge is 0.0644 e. The first-order valence-corrected chi connectivity index (χ1v) is 6.97. The van der Waals surface area contributed by atoms with Gasteiger partial charge < -0.3 is 10.2 Å². The number of hydrogen-bond acceptors (Lipinski definition) is 2. The zero-order valence-corrected chi connectivity index (χ0v) is 10.9. The van der Waals surface area contributed by atoms with Gasteiger partial charge in [-0.2, -0.15) is 0 Å². The Hall–Kier alpha value is -0.340. The Morgan fingerprint density at radius 2 is 2.06 bits per heavy atom. The third-order valence-electron chi connectivity index (χ3n) is 6.20. The van der Waals surface area contributed by atoms with Crippen molar-refractivity contribution in [1.29, 1.82) is 0 Å². The maximum Gasteiger partial charge on any atom is 0.0644 e. The van der Waals surface area contributed by atoms with Crippen molar-refractivity contribution in [3.8, 4) is 0 Å². The minimum atomic E-state index is 0.0834. The Kier molecular flexibility index (Phi) is 2.47. The minimum absolute atomic E-state index is 0.0834. The molecule has 0 heterocycles. The van der Waals surface area contributed by atoms with Crippen LogP contribution >= 0.6 is 0 Å². The Morgan fingerprint density at radius 3 is 2.71 bits per heavy atom. The molecule has 3 aliphatic carbocycles. The van der Waals surface area contributed by atoms with Crippen LogP contribution in [0.25, 0.3) is 0 Å². The SMILES string of the molecule is C[C@@]1(CO)CCC[C@@]2(C)[C@@H]3CC=C(CO)[C@H]2[C@H]31. The number of allylic oxidation sites excluding steroid dienone is 1. The summed E-state index contributed by atoms with van der Waals surface area (Å²) in [7, 11) is 0. The Balaban J connectivity index is 2.02. The van der Waals surface area contributed by atoms with E-state index in [0.29, 0.717) is 23.9 Å². The summed E-state index contributed by atoms with van der Waals surface area (Å²) < 4.78 is 0. The first-order chi connectivity index (χ1) is 8.07. The van der Waals surface area contributed by atoms with Crippen LogP contribution in [0.15, 0.2) is 11.6 Å². The molecule has 0 spiro atoms. The van der Waals surface area contributed by atoms with Gasteiger partial charge in [-0.3, -0.25) is 0 Å². The molecule has 0 aromatic heterocycles. The summed E-state index contributed by atoms with van der Waals surface area (Å²) in [6, 6.07) is 0. The fraction of sp³-hybridized carbons (Fsp3) is 0.867. The molecule has 5 atom stereocenters. The summed E-state index contributed by atoms with van der Waals surface area (Å²) in [6.45, 7) is 5.18. The van der Waals surface area contributed by atoms with Crippen LogP contribution < -0.4 is 0 Å². The van der Waals surface area contributed by atoms with E-state index in [0.717, 1.165) is 18.8 Å². The van der Waals surface area contributed by atoms with E-state index in [2.05, 4.69) is 19.9 Å². The molecule has 96 valence electrons. The van der Waals surface area contributed by atoms with Crippen molar-refractivity contribution in [3.05, 3.63) is 11.6 Å². The monoisotopic (exact) mass is 236 g/mol. The second-order valence-electron chi connectivity index (χ2n) is 6.95. The largest absolute Gasteiger partial charge is 0.396 e. The van der Waals surface area contributed by atoms with Crippen molar-refractivity contribution in [1.82, 2.24) is 0 Å². The lowest BCUT2D eigenvalue weighted by Gasteiger charge is -2.66. The maximum absolute atomic E-state index is 9.79. The van der Waals surface area contributed by atoms with Gasteiger partial charge in [-0.1, -0.05) is 26.3 Å².